The summed E-state index contributed by atoms with van der Waals surface area (Å²) in [5.41, 5.74) is 1.30. The summed E-state index contributed by atoms with van der Waals surface area (Å²) in [6.45, 7) is 0. The van der Waals surface area contributed by atoms with Crippen LogP contribution in [-0.4, -0.2) is 27.3 Å². The van der Waals surface area contributed by atoms with Gasteiger partial charge in [0.05, 0.1) is 0 Å². The van der Waals surface area contributed by atoms with Crippen LogP contribution in [0.4, 0.5) is 4.39 Å². The number of aliphatic hydroxyl groups excluding tert-OH is 1. The van der Waals surface area contributed by atoms with Gasteiger partial charge in [0.1, 0.15) is 5.82 Å². The highest BCUT2D eigenvalue weighted by Crippen LogP contribution is 2.20. The molecule has 0 aliphatic carbocycles. The number of H-pyrrole nitrogens is 1. The van der Waals surface area contributed by atoms with E-state index < -0.39 is 17.9 Å². The van der Waals surface area contributed by atoms with Gasteiger partial charge < -0.3 is 15.2 Å². The number of benzene rings is 1. The van der Waals surface area contributed by atoms with Gasteiger partial charge in [-0.1, -0.05) is 0 Å². The second-order valence-corrected chi connectivity index (χ2v) is 3.56. The smallest absolute Gasteiger partial charge is 0.332 e. The lowest BCUT2D eigenvalue weighted by Gasteiger charge is -2.03. The van der Waals surface area contributed by atoms with Crippen molar-refractivity contribution in [2.24, 2.45) is 0 Å². The SMILES string of the molecule is O=C(O)[C@@H](O)Cc1c[nH]c2ccc(F)cc12. The number of rotatable bonds is 3. The molecule has 0 fully saturated rings. The van der Waals surface area contributed by atoms with Crippen molar-refractivity contribution in [2.45, 2.75) is 12.5 Å². The van der Waals surface area contributed by atoms with Gasteiger partial charge in [-0.3, -0.25) is 0 Å². The highest BCUT2D eigenvalue weighted by atomic mass is 19.1. The Bertz CT molecular complexity index is 535. The minimum Gasteiger partial charge on any atom is -0.479 e. The fourth-order valence-corrected chi connectivity index (χ4v) is 1.62. The Morgan fingerprint density at radius 3 is 2.94 bits per heavy atom. The summed E-state index contributed by atoms with van der Waals surface area (Å²) in [5.74, 6) is -1.68. The molecule has 1 aromatic heterocycles. The molecule has 3 N–H and O–H groups in total. The Labute approximate surface area is 90.3 Å². The molecular weight excluding hydrogens is 213 g/mol. The molecule has 0 spiro atoms. The number of fused-ring (bicyclic) bond motifs is 1. The van der Waals surface area contributed by atoms with Crippen LogP contribution in [0.25, 0.3) is 10.9 Å². The second kappa shape index (κ2) is 3.94. The lowest BCUT2D eigenvalue weighted by atomic mass is 10.1. The molecule has 2 aromatic rings. The van der Waals surface area contributed by atoms with E-state index in [1.54, 1.807) is 12.3 Å². The number of aromatic nitrogens is 1. The average Bonchev–Trinajstić information content (AvgIpc) is 2.61. The molecule has 16 heavy (non-hydrogen) atoms. The first-order chi connectivity index (χ1) is 7.58. The minimum absolute atomic E-state index is 0.0429. The molecule has 5 heteroatoms. The van der Waals surface area contributed by atoms with Crippen LogP contribution >= 0.6 is 0 Å². The van der Waals surface area contributed by atoms with E-state index in [1.165, 1.54) is 12.1 Å². The first-order valence-electron chi connectivity index (χ1n) is 4.74. The molecule has 1 atom stereocenters. The first kappa shape index (κ1) is 10.6. The highest BCUT2D eigenvalue weighted by molar-refractivity contribution is 5.84. The van der Waals surface area contributed by atoms with Crippen molar-refractivity contribution in [3.8, 4) is 0 Å². The first-order valence-corrected chi connectivity index (χ1v) is 4.74. The Morgan fingerprint density at radius 2 is 2.25 bits per heavy atom. The molecule has 0 radical (unpaired) electrons. The zero-order chi connectivity index (χ0) is 11.7. The molecule has 0 saturated heterocycles. The maximum atomic E-state index is 13.0. The maximum absolute atomic E-state index is 13.0. The van der Waals surface area contributed by atoms with Crippen LogP contribution in [0.2, 0.25) is 0 Å². The van der Waals surface area contributed by atoms with Gasteiger partial charge in [-0.05, 0) is 23.8 Å². The molecule has 1 aromatic carbocycles. The molecule has 0 amide bonds. The van der Waals surface area contributed by atoms with Crippen molar-refractivity contribution >= 4 is 16.9 Å². The highest BCUT2D eigenvalue weighted by Gasteiger charge is 2.16. The van der Waals surface area contributed by atoms with Crippen LogP contribution in [0.1, 0.15) is 5.56 Å². The van der Waals surface area contributed by atoms with Crippen LogP contribution in [-0.2, 0) is 11.2 Å². The Kier molecular flexibility index (Phi) is 2.62. The molecule has 84 valence electrons. The number of carboxylic acids is 1. The monoisotopic (exact) mass is 223 g/mol. The fourth-order valence-electron chi connectivity index (χ4n) is 1.62. The Hall–Kier alpha value is -1.88. The van der Waals surface area contributed by atoms with Crippen LogP contribution in [0.5, 0.6) is 0 Å². The van der Waals surface area contributed by atoms with E-state index in [0.717, 1.165) is 0 Å². The van der Waals surface area contributed by atoms with E-state index in [9.17, 15) is 14.3 Å². The molecule has 0 aliphatic rings. The number of aliphatic hydroxyl groups is 1. The van der Waals surface area contributed by atoms with Gasteiger partial charge in [0.15, 0.2) is 6.10 Å². The topological polar surface area (TPSA) is 73.3 Å². The van der Waals surface area contributed by atoms with Crippen molar-refractivity contribution in [3.63, 3.8) is 0 Å². The summed E-state index contributed by atoms with van der Waals surface area (Å²) in [7, 11) is 0. The van der Waals surface area contributed by atoms with Crippen LogP contribution < -0.4 is 0 Å². The molecule has 1 heterocycles. The van der Waals surface area contributed by atoms with Gasteiger partial charge in [0.25, 0.3) is 0 Å². The molecular formula is C11H10FNO3. The van der Waals surface area contributed by atoms with Crippen molar-refractivity contribution in [1.82, 2.24) is 4.98 Å². The van der Waals surface area contributed by atoms with Gasteiger partial charge in [-0.25, -0.2) is 9.18 Å². The van der Waals surface area contributed by atoms with E-state index in [4.69, 9.17) is 5.11 Å². The molecule has 4 nitrogen and oxygen atoms in total. The summed E-state index contributed by atoms with van der Waals surface area (Å²) in [4.78, 5) is 13.4. The predicted molar refractivity (Wildman–Crippen MR) is 55.6 cm³/mol. The third-order valence-electron chi connectivity index (χ3n) is 2.43. The lowest BCUT2D eigenvalue weighted by molar-refractivity contribution is -0.146. The van der Waals surface area contributed by atoms with E-state index >= 15 is 0 Å². The summed E-state index contributed by atoms with van der Waals surface area (Å²) in [5, 5.41) is 18.4. The van der Waals surface area contributed by atoms with Crippen molar-refractivity contribution in [2.75, 3.05) is 0 Å². The van der Waals surface area contributed by atoms with Crippen LogP contribution in [0.3, 0.4) is 0 Å². The number of carboxylic acid groups (broad SMARTS) is 1. The average molecular weight is 223 g/mol. The van der Waals surface area contributed by atoms with Crippen molar-refractivity contribution < 1.29 is 19.4 Å². The predicted octanol–water partition coefficient (Wildman–Crippen LogP) is 1.30. The number of nitrogens with one attached hydrogen (secondary N) is 1. The molecule has 0 saturated carbocycles. The molecule has 2 rings (SSSR count). The maximum Gasteiger partial charge on any atom is 0.332 e. The number of halogens is 1. The number of carbonyl (C=O) groups is 1. The summed E-state index contributed by atoms with van der Waals surface area (Å²) >= 11 is 0. The normalized spacial score (nSPS) is 12.9. The zero-order valence-electron chi connectivity index (χ0n) is 8.27. The van der Waals surface area contributed by atoms with Gasteiger partial charge in [-0.2, -0.15) is 0 Å². The Morgan fingerprint density at radius 1 is 1.50 bits per heavy atom. The minimum atomic E-state index is -1.47. The van der Waals surface area contributed by atoms with E-state index in [1.807, 2.05) is 0 Å². The largest absolute Gasteiger partial charge is 0.479 e. The number of aliphatic carboxylic acids is 1. The van der Waals surface area contributed by atoms with Gasteiger partial charge in [0, 0.05) is 23.5 Å². The van der Waals surface area contributed by atoms with E-state index in [2.05, 4.69) is 4.98 Å². The molecule has 0 aliphatic heterocycles. The summed E-state index contributed by atoms with van der Waals surface area (Å²) in [6, 6.07) is 4.20. The van der Waals surface area contributed by atoms with E-state index in [0.29, 0.717) is 16.5 Å². The summed E-state index contributed by atoms with van der Waals surface area (Å²) in [6.07, 6.45) is 0.0666. The van der Waals surface area contributed by atoms with Gasteiger partial charge in [-0.15, -0.1) is 0 Å². The third-order valence-corrected chi connectivity index (χ3v) is 2.43. The quantitative estimate of drug-likeness (QED) is 0.734. The lowest BCUT2D eigenvalue weighted by Crippen LogP contribution is -2.21. The fraction of sp³-hybridized carbons (Fsp3) is 0.182. The standard InChI is InChI=1S/C11H10FNO3/c12-7-1-2-9-8(4-7)6(5-13-9)3-10(14)11(15)16/h1-2,4-5,10,13-14H,3H2,(H,15,16)/t10-/m0/s1. The number of hydrogen-bond donors (Lipinski definition) is 3. The van der Waals surface area contributed by atoms with Crippen LogP contribution in [0.15, 0.2) is 24.4 Å². The Balaban J connectivity index is 2.37. The van der Waals surface area contributed by atoms with Gasteiger partial charge in [0.2, 0.25) is 0 Å². The zero-order valence-corrected chi connectivity index (χ0v) is 8.27. The second-order valence-electron chi connectivity index (χ2n) is 3.56. The van der Waals surface area contributed by atoms with Crippen molar-refractivity contribution in [1.29, 1.82) is 0 Å². The van der Waals surface area contributed by atoms with Crippen molar-refractivity contribution in [3.05, 3.63) is 35.8 Å². The third kappa shape index (κ3) is 1.90. The molecule has 0 unspecified atom stereocenters. The number of aromatic amines is 1. The summed E-state index contributed by atoms with van der Waals surface area (Å²) < 4.78 is 13.0. The van der Waals surface area contributed by atoms with E-state index in [-0.39, 0.29) is 6.42 Å². The van der Waals surface area contributed by atoms with Gasteiger partial charge >= 0.3 is 5.97 Å². The van der Waals surface area contributed by atoms with Crippen LogP contribution in [0, 0.1) is 5.82 Å². The molecule has 0 bridgehead atoms. The number of hydrogen-bond acceptors (Lipinski definition) is 2.